The molecule has 2 rings (SSSR count). The van der Waals surface area contributed by atoms with Crippen molar-refractivity contribution in [1.29, 1.82) is 0 Å². The summed E-state index contributed by atoms with van der Waals surface area (Å²) < 4.78 is 39.0. The van der Waals surface area contributed by atoms with Crippen molar-refractivity contribution in [3.63, 3.8) is 0 Å². The molecule has 0 radical (unpaired) electrons. The van der Waals surface area contributed by atoms with E-state index in [1.807, 2.05) is 0 Å². The number of benzene rings is 1. The van der Waals surface area contributed by atoms with Crippen LogP contribution in [0.3, 0.4) is 0 Å². The second kappa shape index (κ2) is 6.29. The van der Waals surface area contributed by atoms with E-state index in [0.29, 0.717) is 21.9 Å². The fourth-order valence-electron chi connectivity index (χ4n) is 3.08. The predicted molar refractivity (Wildman–Crippen MR) is 79.8 cm³/mol. The van der Waals surface area contributed by atoms with Crippen molar-refractivity contribution in [2.24, 2.45) is 17.8 Å². The van der Waals surface area contributed by atoms with E-state index in [-0.39, 0.29) is 5.92 Å². The normalized spacial score (nSPS) is 28.4. The third-order valence-corrected chi connectivity index (χ3v) is 5.45. The maximum Gasteiger partial charge on any atom is 0.416 e. The third kappa shape index (κ3) is 3.81. The van der Waals surface area contributed by atoms with Gasteiger partial charge in [-0.2, -0.15) is 13.2 Å². The van der Waals surface area contributed by atoms with Gasteiger partial charge in [0.25, 0.3) is 0 Å². The maximum atomic E-state index is 12.8. The van der Waals surface area contributed by atoms with Gasteiger partial charge in [0.05, 0.1) is 11.7 Å². The highest BCUT2D eigenvalue weighted by Crippen LogP contribution is 2.42. The molecular formula is C16H20BrF3O. The summed E-state index contributed by atoms with van der Waals surface area (Å²) in [6.45, 7) is 4.33. The Morgan fingerprint density at radius 1 is 1.19 bits per heavy atom. The first-order chi connectivity index (χ1) is 9.70. The molecule has 0 amide bonds. The van der Waals surface area contributed by atoms with Gasteiger partial charge in [-0.15, -0.1) is 0 Å². The highest BCUT2D eigenvalue weighted by molar-refractivity contribution is 9.10. The second-order valence-corrected chi connectivity index (χ2v) is 7.06. The molecule has 4 atom stereocenters. The lowest BCUT2D eigenvalue weighted by atomic mass is 9.73. The molecule has 0 aliphatic heterocycles. The van der Waals surface area contributed by atoms with E-state index in [9.17, 15) is 18.3 Å². The van der Waals surface area contributed by atoms with E-state index in [4.69, 9.17) is 0 Å². The molecule has 0 aromatic heterocycles. The molecule has 1 nitrogen and oxygen atoms in total. The molecule has 0 saturated heterocycles. The zero-order valence-corrected chi connectivity index (χ0v) is 13.7. The van der Waals surface area contributed by atoms with E-state index in [1.165, 1.54) is 6.07 Å². The number of aliphatic hydroxyl groups is 1. The Kier molecular flexibility index (Phi) is 5.03. The Morgan fingerprint density at radius 2 is 1.86 bits per heavy atom. The Bertz CT molecular complexity index is 501. The fourth-order valence-corrected chi connectivity index (χ4v) is 3.56. The van der Waals surface area contributed by atoms with Crippen LogP contribution in [0.15, 0.2) is 22.7 Å². The maximum absolute atomic E-state index is 12.8. The standard InChI is InChI=1S/C16H20BrF3O/c1-9-3-4-11(7-10(9)2)15(21)13-8-12(16(18,19)20)5-6-14(13)17/h5-6,8-11,15,21H,3-4,7H2,1-2H3. The minimum atomic E-state index is -4.39. The van der Waals surface area contributed by atoms with Crippen LogP contribution < -0.4 is 0 Å². The van der Waals surface area contributed by atoms with Gasteiger partial charge in [0, 0.05) is 4.47 Å². The minimum Gasteiger partial charge on any atom is -0.388 e. The van der Waals surface area contributed by atoms with Gasteiger partial charge in [-0.3, -0.25) is 0 Å². The van der Waals surface area contributed by atoms with Crippen LogP contribution in [0.25, 0.3) is 0 Å². The minimum absolute atomic E-state index is 0.0241. The lowest BCUT2D eigenvalue weighted by molar-refractivity contribution is -0.137. The first-order valence-electron chi connectivity index (χ1n) is 7.25. The molecule has 118 valence electrons. The molecule has 21 heavy (non-hydrogen) atoms. The van der Waals surface area contributed by atoms with Crippen molar-refractivity contribution >= 4 is 15.9 Å². The van der Waals surface area contributed by atoms with Crippen molar-refractivity contribution in [2.45, 2.75) is 45.4 Å². The first kappa shape index (κ1) is 16.8. The number of alkyl halides is 3. The van der Waals surface area contributed by atoms with Crippen molar-refractivity contribution < 1.29 is 18.3 Å². The number of hydrogen-bond donors (Lipinski definition) is 1. The van der Waals surface area contributed by atoms with E-state index < -0.39 is 17.8 Å². The molecule has 1 fully saturated rings. The lowest BCUT2D eigenvalue weighted by Gasteiger charge is -2.35. The Labute approximate surface area is 131 Å². The summed E-state index contributed by atoms with van der Waals surface area (Å²) in [4.78, 5) is 0. The van der Waals surface area contributed by atoms with Crippen LogP contribution in [-0.4, -0.2) is 5.11 Å². The Hall–Kier alpha value is -0.550. The van der Waals surface area contributed by atoms with Crippen LogP contribution in [0.4, 0.5) is 13.2 Å². The van der Waals surface area contributed by atoms with Crippen LogP contribution in [0, 0.1) is 17.8 Å². The van der Waals surface area contributed by atoms with Crippen molar-refractivity contribution in [1.82, 2.24) is 0 Å². The number of rotatable bonds is 2. The molecule has 1 aliphatic carbocycles. The number of aliphatic hydroxyl groups excluding tert-OH is 1. The predicted octanol–water partition coefficient (Wildman–Crippen LogP) is 5.57. The van der Waals surface area contributed by atoms with Crippen molar-refractivity contribution in [2.75, 3.05) is 0 Å². The monoisotopic (exact) mass is 364 g/mol. The highest BCUT2D eigenvalue weighted by atomic mass is 79.9. The summed E-state index contributed by atoms with van der Waals surface area (Å²) in [5, 5.41) is 10.5. The lowest BCUT2D eigenvalue weighted by Crippen LogP contribution is -2.25. The van der Waals surface area contributed by atoms with Crippen LogP contribution in [0.1, 0.15) is 50.3 Å². The summed E-state index contributed by atoms with van der Waals surface area (Å²) in [5.41, 5.74) is -0.367. The fraction of sp³-hybridized carbons (Fsp3) is 0.625. The molecule has 4 unspecified atom stereocenters. The topological polar surface area (TPSA) is 20.2 Å². The van der Waals surface area contributed by atoms with E-state index in [1.54, 1.807) is 0 Å². The van der Waals surface area contributed by atoms with E-state index in [2.05, 4.69) is 29.8 Å². The average Bonchev–Trinajstić information content (AvgIpc) is 2.40. The van der Waals surface area contributed by atoms with Crippen LogP contribution in [-0.2, 0) is 6.18 Å². The quantitative estimate of drug-likeness (QED) is 0.726. The molecular weight excluding hydrogens is 345 g/mol. The average molecular weight is 365 g/mol. The second-order valence-electron chi connectivity index (χ2n) is 6.21. The highest BCUT2D eigenvalue weighted by Gasteiger charge is 2.34. The third-order valence-electron chi connectivity index (χ3n) is 4.73. The zero-order valence-electron chi connectivity index (χ0n) is 12.1. The van der Waals surface area contributed by atoms with Gasteiger partial charge < -0.3 is 5.11 Å². The largest absolute Gasteiger partial charge is 0.416 e. The van der Waals surface area contributed by atoms with Crippen LogP contribution in [0.2, 0.25) is 0 Å². The van der Waals surface area contributed by atoms with Gasteiger partial charge in [-0.05, 0) is 54.4 Å². The molecule has 5 heteroatoms. The van der Waals surface area contributed by atoms with Crippen molar-refractivity contribution in [3.05, 3.63) is 33.8 Å². The summed E-state index contributed by atoms with van der Waals surface area (Å²) in [6.07, 6.45) is -2.51. The summed E-state index contributed by atoms with van der Waals surface area (Å²) >= 11 is 3.26. The van der Waals surface area contributed by atoms with Gasteiger partial charge in [-0.25, -0.2) is 0 Å². The molecule has 1 saturated carbocycles. The molecule has 1 aliphatic rings. The van der Waals surface area contributed by atoms with Crippen molar-refractivity contribution in [3.8, 4) is 0 Å². The Morgan fingerprint density at radius 3 is 2.43 bits per heavy atom. The SMILES string of the molecule is CC1CCC(C(O)c2cc(C(F)(F)F)ccc2Br)CC1C. The Balaban J connectivity index is 2.24. The van der Waals surface area contributed by atoms with Gasteiger partial charge in [0.15, 0.2) is 0 Å². The van der Waals surface area contributed by atoms with Gasteiger partial charge in [0.2, 0.25) is 0 Å². The summed E-state index contributed by atoms with van der Waals surface area (Å²) in [5.74, 6) is 1.12. The van der Waals surface area contributed by atoms with Crippen LogP contribution >= 0.6 is 15.9 Å². The van der Waals surface area contributed by atoms with E-state index in [0.717, 1.165) is 31.4 Å². The molecule has 0 bridgehead atoms. The molecule has 1 aromatic rings. The summed E-state index contributed by atoms with van der Waals surface area (Å²) in [6, 6.07) is 3.47. The number of hydrogen-bond acceptors (Lipinski definition) is 1. The number of halogens is 4. The molecule has 0 heterocycles. The van der Waals surface area contributed by atoms with E-state index >= 15 is 0 Å². The first-order valence-corrected chi connectivity index (χ1v) is 8.04. The molecule has 1 aromatic carbocycles. The molecule has 1 N–H and O–H groups in total. The van der Waals surface area contributed by atoms with Gasteiger partial charge in [0.1, 0.15) is 0 Å². The summed E-state index contributed by atoms with van der Waals surface area (Å²) in [7, 11) is 0. The van der Waals surface area contributed by atoms with Gasteiger partial charge >= 0.3 is 6.18 Å². The smallest absolute Gasteiger partial charge is 0.388 e. The zero-order chi connectivity index (χ0) is 15.8. The molecule has 0 spiro atoms. The van der Waals surface area contributed by atoms with Crippen LogP contribution in [0.5, 0.6) is 0 Å². The van der Waals surface area contributed by atoms with Gasteiger partial charge in [-0.1, -0.05) is 36.2 Å².